The quantitative estimate of drug-likeness (QED) is 0.547. The van der Waals surface area contributed by atoms with Gasteiger partial charge in [0.1, 0.15) is 0 Å². The molecule has 0 amide bonds. The summed E-state index contributed by atoms with van der Waals surface area (Å²) in [6.45, 7) is 0. The Morgan fingerprint density at radius 3 is 2.11 bits per heavy atom. The van der Waals surface area contributed by atoms with Gasteiger partial charge in [0.05, 0.1) is 0 Å². The van der Waals surface area contributed by atoms with E-state index in [1.54, 1.807) is 0 Å². The third-order valence-electron chi connectivity index (χ3n) is 1.79. The zero-order valence-corrected chi connectivity index (χ0v) is 5.68. The lowest BCUT2D eigenvalue weighted by Gasteiger charge is -2.18. The number of hydrogen-bond acceptors (Lipinski definition) is 1. The second-order valence-corrected chi connectivity index (χ2v) is 2.63. The second kappa shape index (κ2) is 1.29. The summed E-state index contributed by atoms with van der Waals surface area (Å²) in [5, 5.41) is 2.85. The maximum Gasteiger partial charge on any atom is 0.0446 e. The van der Waals surface area contributed by atoms with Crippen LogP contribution in [0, 0.1) is 10.4 Å². The minimum atomic E-state index is 1.37. The molecule has 9 heavy (non-hydrogen) atoms. The van der Waals surface area contributed by atoms with Gasteiger partial charge >= 0.3 is 0 Å². The Bertz CT molecular complexity index is 325. The number of hydrogen-bond donors (Lipinski definition) is 0. The normalized spacial score (nSPS) is 11.3. The van der Waals surface area contributed by atoms with Crippen LogP contribution in [0.5, 0.6) is 0 Å². The average Bonchev–Trinajstić information content (AvgIpc) is 1.76. The molecule has 46 valence electrons. The first-order chi connectivity index (χ1) is 4.29. The van der Waals surface area contributed by atoms with Gasteiger partial charge in [0.25, 0.3) is 0 Å². The molecular weight excluding hydrogens is 110 g/mol. The van der Waals surface area contributed by atoms with Gasteiger partial charge in [-0.05, 0) is 11.3 Å². The molecule has 0 fully saturated rings. The minimum Gasteiger partial charge on any atom is -0.377 e. The molecule has 0 bridgehead atoms. The molecule has 0 N–H and O–H groups in total. The molecule has 2 aliphatic rings. The molecule has 0 unspecified atom stereocenters. The molecule has 0 radical (unpaired) electrons. The molecule has 0 atom stereocenters. The summed E-state index contributed by atoms with van der Waals surface area (Å²) in [6, 6.07) is 6.50. The summed E-state index contributed by atoms with van der Waals surface area (Å²) < 4.78 is 0. The highest BCUT2D eigenvalue weighted by molar-refractivity contribution is 5.55. The van der Waals surface area contributed by atoms with Crippen molar-refractivity contribution in [3.8, 4) is 0 Å². The lowest BCUT2D eigenvalue weighted by Crippen LogP contribution is -2.12. The molecule has 1 heteroatoms. The molecule has 0 saturated carbocycles. The average molecular weight is 119 g/mol. The van der Waals surface area contributed by atoms with Crippen molar-refractivity contribution in [1.82, 2.24) is 0 Å². The Hall–Kier alpha value is -0.980. The number of nitrogens with zero attached hydrogens (tertiary/aromatic N) is 1. The summed E-state index contributed by atoms with van der Waals surface area (Å²) >= 11 is 0. The zero-order chi connectivity index (χ0) is 6.43. The lowest BCUT2D eigenvalue weighted by molar-refractivity contribution is 1.09. The summed E-state index contributed by atoms with van der Waals surface area (Å²) in [7, 11) is 4.14. The van der Waals surface area contributed by atoms with Crippen molar-refractivity contribution in [2.45, 2.75) is 0 Å². The molecule has 2 aliphatic carbocycles. The van der Waals surface area contributed by atoms with E-state index in [1.165, 1.54) is 16.1 Å². The van der Waals surface area contributed by atoms with Crippen molar-refractivity contribution in [2.75, 3.05) is 19.0 Å². The molecule has 0 spiro atoms. The standard InChI is InChI=1S/C8H9N/c1-9(2)8-5-6-3-4-7(6)8/h3-5H,1-2H3. The molecule has 2 rings (SSSR count). The van der Waals surface area contributed by atoms with Gasteiger partial charge in [-0.3, -0.25) is 0 Å². The zero-order valence-electron chi connectivity index (χ0n) is 5.68. The van der Waals surface area contributed by atoms with Crippen LogP contribution in [0.25, 0.3) is 0 Å². The van der Waals surface area contributed by atoms with E-state index in [2.05, 4.69) is 37.2 Å². The Labute approximate surface area is 54.2 Å². The fourth-order valence-corrected chi connectivity index (χ4v) is 1.14. The van der Waals surface area contributed by atoms with E-state index in [4.69, 9.17) is 0 Å². The van der Waals surface area contributed by atoms with E-state index in [1.807, 2.05) is 0 Å². The van der Waals surface area contributed by atoms with Gasteiger partial charge in [-0.2, -0.15) is 0 Å². The Balaban J connectivity index is 2.52. The molecule has 0 aliphatic heterocycles. The third kappa shape index (κ3) is 0.441. The monoisotopic (exact) mass is 119 g/mol. The molecule has 0 aromatic heterocycles. The molecule has 1 nitrogen and oxygen atoms in total. The number of rotatable bonds is 1. The Kier molecular flexibility index (Phi) is 0.699. The second-order valence-electron chi connectivity index (χ2n) is 2.63. The van der Waals surface area contributed by atoms with Gasteiger partial charge in [0, 0.05) is 25.0 Å². The highest BCUT2D eigenvalue weighted by Crippen LogP contribution is 2.23. The predicted octanol–water partition coefficient (Wildman–Crippen LogP) is 1.35. The summed E-state index contributed by atoms with van der Waals surface area (Å²) in [6.07, 6.45) is 0. The number of anilines is 1. The summed E-state index contributed by atoms with van der Waals surface area (Å²) in [4.78, 5) is 2.14. The van der Waals surface area contributed by atoms with E-state index < -0.39 is 0 Å². The highest BCUT2D eigenvalue weighted by Gasteiger charge is 2.05. The van der Waals surface area contributed by atoms with Crippen LogP contribution >= 0.6 is 0 Å². The first-order valence-corrected chi connectivity index (χ1v) is 3.11. The topological polar surface area (TPSA) is 3.24 Å². The SMILES string of the molecule is CN(C)c1cc2ccc1=2. The lowest BCUT2D eigenvalue weighted by atomic mass is 10.0. The van der Waals surface area contributed by atoms with Crippen LogP contribution in [0.1, 0.15) is 0 Å². The Morgan fingerprint density at radius 2 is 2.00 bits per heavy atom. The minimum absolute atomic E-state index is 1.37. The van der Waals surface area contributed by atoms with E-state index in [0.29, 0.717) is 0 Å². The van der Waals surface area contributed by atoms with E-state index in [-0.39, 0.29) is 0 Å². The molecule has 0 aromatic carbocycles. The van der Waals surface area contributed by atoms with Crippen molar-refractivity contribution in [1.29, 1.82) is 0 Å². The van der Waals surface area contributed by atoms with Crippen molar-refractivity contribution in [2.24, 2.45) is 0 Å². The van der Waals surface area contributed by atoms with Crippen LogP contribution in [-0.4, -0.2) is 14.1 Å². The van der Waals surface area contributed by atoms with Crippen LogP contribution < -0.4 is 4.90 Å². The maximum absolute atomic E-state index is 2.20. The van der Waals surface area contributed by atoms with Crippen LogP contribution in [0.3, 0.4) is 0 Å². The van der Waals surface area contributed by atoms with Gasteiger partial charge in [0.2, 0.25) is 0 Å². The van der Waals surface area contributed by atoms with Crippen molar-refractivity contribution in [3.05, 3.63) is 28.6 Å². The molecule has 0 heterocycles. The smallest absolute Gasteiger partial charge is 0.0446 e. The Morgan fingerprint density at radius 1 is 1.22 bits per heavy atom. The van der Waals surface area contributed by atoms with Gasteiger partial charge in [-0.15, -0.1) is 0 Å². The van der Waals surface area contributed by atoms with Crippen molar-refractivity contribution in [3.63, 3.8) is 0 Å². The summed E-state index contributed by atoms with van der Waals surface area (Å²) in [5.41, 5.74) is 1.37. The predicted molar refractivity (Wildman–Crippen MR) is 38.4 cm³/mol. The number of benzene rings is 1. The largest absolute Gasteiger partial charge is 0.377 e. The van der Waals surface area contributed by atoms with Crippen LogP contribution in [0.2, 0.25) is 0 Å². The maximum atomic E-state index is 2.20. The van der Waals surface area contributed by atoms with Gasteiger partial charge in [-0.25, -0.2) is 0 Å². The first kappa shape index (κ1) is 4.86. The van der Waals surface area contributed by atoms with Crippen molar-refractivity contribution < 1.29 is 0 Å². The highest BCUT2D eigenvalue weighted by atomic mass is 15.1. The van der Waals surface area contributed by atoms with Crippen LogP contribution in [0.4, 0.5) is 5.69 Å². The summed E-state index contributed by atoms with van der Waals surface area (Å²) in [5.74, 6) is 0. The third-order valence-corrected chi connectivity index (χ3v) is 1.79. The van der Waals surface area contributed by atoms with E-state index >= 15 is 0 Å². The van der Waals surface area contributed by atoms with E-state index in [0.717, 1.165) is 0 Å². The van der Waals surface area contributed by atoms with Crippen LogP contribution in [0.15, 0.2) is 18.2 Å². The molecular formula is C8H9N. The fourth-order valence-electron chi connectivity index (χ4n) is 1.14. The van der Waals surface area contributed by atoms with Gasteiger partial charge in [0.15, 0.2) is 0 Å². The fraction of sp³-hybridized carbons (Fsp3) is 0.250. The molecule has 0 aromatic rings. The van der Waals surface area contributed by atoms with Gasteiger partial charge < -0.3 is 4.90 Å². The first-order valence-electron chi connectivity index (χ1n) is 3.11. The molecule has 0 saturated heterocycles. The van der Waals surface area contributed by atoms with E-state index in [9.17, 15) is 0 Å². The van der Waals surface area contributed by atoms with Crippen LogP contribution in [-0.2, 0) is 0 Å². The van der Waals surface area contributed by atoms with Gasteiger partial charge in [-0.1, -0.05) is 12.1 Å². The van der Waals surface area contributed by atoms with Crippen molar-refractivity contribution >= 4 is 5.69 Å².